The van der Waals surface area contributed by atoms with Crippen molar-refractivity contribution in [2.24, 2.45) is 0 Å². The summed E-state index contributed by atoms with van der Waals surface area (Å²) in [5.74, 6) is 2.39. The first-order valence-corrected chi connectivity index (χ1v) is 10.9. The summed E-state index contributed by atoms with van der Waals surface area (Å²) in [6.07, 6.45) is 3.56. The standard InChI is InChI=1S/C24H21N9/c1-2-8-19(9-3-1)33-24(28-29-30-33)32-15-13-31(14-16-32)23-20-10-4-5-11-21(20)26-22(27-23)18-7-6-12-25-17-18/h1-12,17H,13-16H2. The summed E-state index contributed by atoms with van der Waals surface area (Å²) in [4.78, 5) is 18.5. The third-order valence-corrected chi connectivity index (χ3v) is 5.82. The topological polar surface area (TPSA) is 88.8 Å². The molecule has 0 amide bonds. The maximum absolute atomic E-state index is 4.96. The van der Waals surface area contributed by atoms with Gasteiger partial charge in [-0.05, 0) is 46.8 Å². The Hall–Kier alpha value is -4.40. The van der Waals surface area contributed by atoms with Crippen LogP contribution in [-0.2, 0) is 0 Å². The van der Waals surface area contributed by atoms with Crippen LogP contribution in [0, 0.1) is 0 Å². The molecule has 9 heteroatoms. The third-order valence-electron chi connectivity index (χ3n) is 5.82. The summed E-state index contributed by atoms with van der Waals surface area (Å²) in [5, 5.41) is 13.5. The van der Waals surface area contributed by atoms with Gasteiger partial charge in [-0.1, -0.05) is 35.4 Å². The fourth-order valence-corrected chi connectivity index (χ4v) is 4.16. The van der Waals surface area contributed by atoms with E-state index in [1.54, 1.807) is 17.1 Å². The van der Waals surface area contributed by atoms with E-state index in [0.717, 1.165) is 60.1 Å². The van der Waals surface area contributed by atoms with Crippen molar-refractivity contribution in [1.82, 2.24) is 35.2 Å². The Morgan fingerprint density at radius 1 is 0.727 bits per heavy atom. The van der Waals surface area contributed by atoms with Crippen LogP contribution >= 0.6 is 0 Å². The van der Waals surface area contributed by atoms with Gasteiger partial charge in [0.1, 0.15) is 5.82 Å². The zero-order chi connectivity index (χ0) is 22.0. The molecule has 0 unspecified atom stereocenters. The second kappa shape index (κ2) is 8.27. The van der Waals surface area contributed by atoms with Crippen LogP contribution < -0.4 is 9.80 Å². The summed E-state index contributed by atoms with van der Waals surface area (Å²) in [6.45, 7) is 3.17. The molecule has 6 rings (SSSR count). The number of hydrogen-bond donors (Lipinski definition) is 0. The number of fused-ring (bicyclic) bond motifs is 1. The van der Waals surface area contributed by atoms with Crippen molar-refractivity contribution in [2.75, 3.05) is 36.0 Å². The van der Waals surface area contributed by atoms with Gasteiger partial charge in [-0.25, -0.2) is 9.97 Å². The second-order valence-corrected chi connectivity index (χ2v) is 7.83. The minimum Gasteiger partial charge on any atom is -0.352 e. The predicted octanol–water partition coefficient (Wildman–Crippen LogP) is 2.99. The molecule has 0 atom stereocenters. The highest BCUT2D eigenvalue weighted by Gasteiger charge is 2.24. The summed E-state index contributed by atoms with van der Waals surface area (Å²) in [5.41, 5.74) is 2.78. The zero-order valence-corrected chi connectivity index (χ0v) is 17.9. The van der Waals surface area contributed by atoms with E-state index in [0.29, 0.717) is 5.82 Å². The fourth-order valence-electron chi connectivity index (χ4n) is 4.16. The maximum atomic E-state index is 4.96. The second-order valence-electron chi connectivity index (χ2n) is 7.83. The quantitative estimate of drug-likeness (QED) is 0.426. The summed E-state index contributed by atoms with van der Waals surface area (Å²) < 4.78 is 1.79. The normalized spacial score (nSPS) is 14.1. The lowest BCUT2D eigenvalue weighted by atomic mass is 10.2. The maximum Gasteiger partial charge on any atom is 0.250 e. The van der Waals surface area contributed by atoms with Gasteiger partial charge in [0.25, 0.3) is 0 Å². The van der Waals surface area contributed by atoms with Gasteiger partial charge in [-0.3, -0.25) is 4.98 Å². The molecule has 9 nitrogen and oxygen atoms in total. The first kappa shape index (κ1) is 19.3. The summed E-state index contributed by atoms with van der Waals surface area (Å²) >= 11 is 0. The molecular weight excluding hydrogens is 414 g/mol. The Kier molecular flexibility index (Phi) is 4.83. The highest BCUT2D eigenvalue weighted by molar-refractivity contribution is 5.91. The molecule has 1 fully saturated rings. The van der Waals surface area contributed by atoms with Gasteiger partial charge < -0.3 is 9.80 Å². The minimum absolute atomic E-state index is 0.687. The van der Waals surface area contributed by atoms with Gasteiger partial charge in [0.2, 0.25) is 5.95 Å². The third kappa shape index (κ3) is 3.63. The highest BCUT2D eigenvalue weighted by Crippen LogP contribution is 2.28. The van der Waals surface area contributed by atoms with Gasteiger partial charge in [0.05, 0.1) is 11.2 Å². The molecule has 0 spiro atoms. The lowest BCUT2D eigenvalue weighted by Gasteiger charge is -2.36. The molecule has 1 saturated heterocycles. The highest BCUT2D eigenvalue weighted by atomic mass is 15.6. The molecule has 0 saturated carbocycles. The van der Waals surface area contributed by atoms with Crippen molar-refractivity contribution in [3.63, 3.8) is 0 Å². The first-order valence-electron chi connectivity index (χ1n) is 10.9. The largest absolute Gasteiger partial charge is 0.352 e. The minimum atomic E-state index is 0.687. The molecule has 5 aromatic rings. The SMILES string of the molecule is c1ccc(-n2nnnc2N2CCN(c3nc(-c4cccnc4)nc4ccccc34)CC2)cc1. The van der Waals surface area contributed by atoms with Crippen LogP contribution in [0.5, 0.6) is 0 Å². The van der Waals surface area contributed by atoms with Crippen LogP contribution in [0.4, 0.5) is 11.8 Å². The van der Waals surface area contributed by atoms with E-state index in [2.05, 4.69) is 36.4 Å². The molecule has 0 bridgehead atoms. The van der Waals surface area contributed by atoms with Gasteiger partial charge in [-0.15, -0.1) is 0 Å². The van der Waals surface area contributed by atoms with Crippen molar-refractivity contribution in [1.29, 1.82) is 0 Å². The van der Waals surface area contributed by atoms with Crippen LogP contribution in [0.25, 0.3) is 28.0 Å². The van der Waals surface area contributed by atoms with Crippen LogP contribution in [0.3, 0.4) is 0 Å². The average molecular weight is 435 g/mol. The molecular formula is C24H21N9. The van der Waals surface area contributed by atoms with Crippen molar-refractivity contribution < 1.29 is 0 Å². The number of aromatic nitrogens is 7. The molecule has 162 valence electrons. The Labute approximate surface area is 190 Å². The number of piperazine rings is 1. The average Bonchev–Trinajstić information content (AvgIpc) is 3.39. The number of nitrogens with zero attached hydrogens (tertiary/aromatic N) is 9. The Morgan fingerprint density at radius 3 is 2.33 bits per heavy atom. The van der Waals surface area contributed by atoms with E-state index in [1.807, 2.05) is 60.7 Å². The van der Waals surface area contributed by atoms with Crippen LogP contribution in [0.15, 0.2) is 79.1 Å². The first-order chi connectivity index (χ1) is 16.4. The van der Waals surface area contributed by atoms with Crippen LogP contribution in [-0.4, -0.2) is 61.3 Å². The number of pyridine rings is 1. The number of rotatable bonds is 4. The molecule has 2 aromatic carbocycles. The molecule has 1 aliphatic rings. The lowest BCUT2D eigenvalue weighted by Crippen LogP contribution is -2.47. The van der Waals surface area contributed by atoms with Gasteiger partial charge >= 0.3 is 0 Å². The molecule has 0 radical (unpaired) electrons. The van der Waals surface area contributed by atoms with E-state index in [-0.39, 0.29) is 0 Å². The summed E-state index contributed by atoms with van der Waals surface area (Å²) in [7, 11) is 0. The number of tetrazole rings is 1. The van der Waals surface area contributed by atoms with Crippen LogP contribution in [0.2, 0.25) is 0 Å². The van der Waals surface area contributed by atoms with Crippen molar-refractivity contribution in [2.45, 2.75) is 0 Å². The van der Waals surface area contributed by atoms with E-state index in [4.69, 9.17) is 9.97 Å². The molecule has 4 heterocycles. The summed E-state index contributed by atoms with van der Waals surface area (Å²) in [6, 6.07) is 22.0. The van der Waals surface area contributed by atoms with E-state index in [9.17, 15) is 0 Å². The van der Waals surface area contributed by atoms with E-state index >= 15 is 0 Å². The van der Waals surface area contributed by atoms with Crippen molar-refractivity contribution >= 4 is 22.7 Å². The van der Waals surface area contributed by atoms with Crippen LogP contribution in [0.1, 0.15) is 0 Å². The molecule has 0 aliphatic carbocycles. The van der Waals surface area contributed by atoms with Crippen molar-refractivity contribution in [3.8, 4) is 17.1 Å². The van der Waals surface area contributed by atoms with Gasteiger partial charge in [-0.2, -0.15) is 4.68 Å². The Morgan fingerprint density at radius 2 is 1.52 bits per heavy atom. The zero-order valence-electron chi connectivity index (χ0n) is 17.9. The molecule has 0 N–H and O–H groups in total. The van der Waals surface area contributed by atoms with Gasteiger partial charge in [0.15, 0.2) is 5.82 Å². The van der Waals surface area contributed by atoms with E-state index in [1.165, 1.54) is 0 Å². The molecule has 1 aliphatic heterocycles. The van der Waals surface area contributed by atoms with E-state index < -0.39 is 0 Å². The molecule has 33 heavy (non-hydrogen) atoms. The monoisotopic (exact) mass is 435 g/mol. The molecule has 3 aromatic heterocycles. The predicted molar refractivity (Wildman–Crippen MR) is 126 cm³/mol. The number of hydrogen-bond acceptors (Lipinski definition) is 8. The fraction of sp³-hybridized carbons (Fsp3) is 0.167. The smallest absolute Gasteiger partial charge is 0.250 e. The lowest BCUT2D eigenvalue weighted by molar-refractivity contribution is 0.628. The Bertz CT molecular complexity index is 1380. The van der Waals surface area contributed by atoms with Gasteiger partial charge in [0, 0.05) is 49.5 Å². The Balaban J connectivity index is 1.30. The van der Waals surface area contributed by atoms with Crippen molar-refractivity contribution in [3.05, 3.63) is 79.1 Å². The number of anilines is 2. The number of para-hydroxylation sites is 2. The number of benzene rings is 2.